The molecule has 0 atom stereocenters. The van der Waals surface area contributed by atoms with Crippen LogP contribution in [-0.2, 0) is 4.79 Å². The van der Waals surface area contributed by atoms with Crippen LogP contribution in [0.1, 0.15) is 98.3 Å². The van der Waals surface area contributed by atoms with E-state index in [-0.39, 0.29) is 11.1 Å². The lowest BCUT2D eigenvalue weighted by atomic mass is 9.63. The number of Topliss-reactive ketones (excluding diaryl/α,β-unsaturated/α-hetero) is 1. The van der Waals surface area contributed by atoms with Gasteiger partial charge >= 0.3 is 0 Å². The Morgan fingerprint density at radius 1 is 0.645 bits per heavy atom. The van der Waals surface area contributed by atoms with Crippen LogP contribution < -0.4 is 5.32 Å². The second-order valence-electron chi connectivity index (χ2n) is 10.9. The number of piperidine rings is 1. The van der Waals surface area contributed by atoms with E-state index in [2.05, 4.69) is 67.7 Å². The van der Waals surface area contributed by atoms with Crippen LogP contribution in [0.3, 0.4) is 0 Å². The van der Waals surface area contributed by atoms with Crippen LogP contribution in [0.15, 0.2) is 48.5 Å². The van der Waals surface area contributed by atoms with Crippen molar-refractivity contribution in [3.05, 3.63) is 70.8 Å². The Kier molecular flexibility index (Phi) is 5.54. The Morgan fingerprint density at radius 2 is 1.00 bits per heavy atom. The highest BCUT2D eigenvalue weighted by Crippen LogP contribution is 2.48. The molecule has 2 heteroatoms. The summed E-state index contributed by atoms with van der Waals surface area (Å²) >= 11 is 0. The topological polar surface area (TPSA) is 29.1 Å². The van der Waals surface area contributed by atoms with Gasteiger partial charge in [-0.3, -0.25) is 4.79 Å². The lowest BCUT2D eigenvalue weighted by molar-refractivity contribution is -0.127. The summed E-state index contributed by atoms with van der Waals surface area (Å²) < 4.78 is 0. The van der Waals surface area contributed by atoms with Crippen molar-refractivity contribution in [2.45, 2.75) is 101 Å². The summed E-state index contributed by atoms with van der Waals surface area (Å²) in [5.41, 5.74) is 5.73. The first kappa shape index (κ1) is 20.9. The predicted molar refractivity (Wildman–Crippen MR) is 128 cm³/mol. The largest absolute Gasteiger partial charge is 0.305 e. The van der Waals surface area contributed by atoms with E-state index in [9.17, 15) is 4.79 Å². The Bertz CT molecular complexity index is 835. The fourth-order valence-electron chi connectivity index (χ4n) is 6.76. The van der Waals surface area contributed by atoms with Crippen molar-refractivity contribution in [1.82, 2.24) is 5.32 Å². The summed E-state index contributed by atoms with van der Waals surface area (Å²) in [4.78, 5) is 12.9. The zero-order valence-electron chi connectivity index (χ0n) is 19.3. The van der Waals surface area contributed by atoms with E-state index in [1.807, 2.05) is 0 Å². The summed E-state index contributed by atoms with van der Waals surface area (Å²) in [7, 11) is 0. The maximum atomic E-state index is 12.9. The third-order valence-electron chi connectivity index (χ3n) is 8.58. The first-order valence-corrected chi connectivity index (χ1v) is 12.4. The average Bonchev–Trinajstić information content (AvgIpc) is 2.76. The Hall–Kier alpha value is -1.93. The highest BCUT2D eigenvalue weighted by Gasteiger charge is 2.49. The molecule has 2 aromatic carbocycles. The van der Waals surface area contributed by atoms with Crippen molar-refractivity contribution in [3.8, 4) is 0 Å². The molecule has 0 aromatic heterocycles. The molecule has 2 spiro atoms. The third kappa shape index (κ3) is 4.37. The number of carbonyl (C=O) groups excluding carboxylic acids is 1. The molecule has 3 aliphatic rings. The normalized spacial score (nSPS) is 33.7. The minimum absolute atomic E-state index is 0.0488. The molecule has 0 bridgehead atoms. The van der Waals surface area contributed by atoms with Gasteiger partial charge in [0.05, 0.1) is 0 Å². The minimum Gasteiger partial charge on any atom is -0.305 e. The first-order chi connectivity index (χ1) is 14.9. The molecule has 3 fully saturated rings. The van der Waals surface area contributed by atoms with Gasteiger partial charge in [0.2, 0.25) is 0 Å². The highest BCUT2D eigenvalue weighted by molar-refractivity contribution is 5.82. The van der Waals surface area contributed by atoms with Crippen molar-refractivity contribution in [2.75, 3.05) is 0 Å². The van der Waals surface area contributed by atoms with Gasteiger partial charge in [0.1, 0.15) is 5.78 Å². The molecule has 1 saturated heterocycles. The van der Waals surface area contributed by atoms with Gasteiger partial charge < -0.3 is 5.32 Å². The number of rotatable bonds is 2. The third-order valence-corrected chi connectivity index (χ3v) is 8.58. The van der Waals surface area contributed by atoms with Gasteiger partial charge in [-0.1, -0.05) is 59.7 Å². The summed E-state index contributed by atoms with van der Waals surface area (Å²) in [5.74, 6) is 1.80. The molecule has 1 heterocycles. The van der Waals surface area contributed by atoms with Crippen LogP contribution >= 0.6 is 0 Å². The number of carbonyl (C=O) groups is 1. The number of nitrogens with one attached hydrogen (secondary N) is 1. The number of benzene rings is 2. The minimum atomic E-state index is 0.0488. The molecule has 0 unspecified atom stereocenters. The maximum absolute atomic E-state index is 12.9. The van der Waals surface area contributed by atoms with Crippen molar-refractivity contribution in [1.29, 1.82) is 0 Å². The van der Waals surface area contributed by atoms with E-state index in [1.165, 1.54) is 47.9 Å². The maximum Gasteiger partial charge on any atom is 0.136 e. The lowest BCUT2D eigenvalue weighted by Gasteiger charge is -2.54. The highest BCUT2D eigenvalue weighted by atomic mass is 16.1. The van der Waals surface area contributed by atoms with Crippen LogP contribution in [0.4, 0.5) is 0 Å². The molecule has 1 N–H and O–H groups in total. The smallest absolute Gasteiger partial charge is 0.136 e. The van der Waals surface area contributed by atoms with Gasteiger partial charge in [-0.15, -0.1) is 0 Å². The number of hydrogen-bond acceptors (Lipinski definition) is 2. The molecule has 0 radical (unpaired) electrons. The zero-order valence-corrected chi connectivity index (χ0v) is 19.3. The fraction of sp³-hybridized carbons (Fsp3) is 0.552. The van der Waals surface area contributed by atoms with E-state index in [0.717, 1.165) is 38.5 Å². The molecule has 164 valence electrons. The summed E-state index contributed by atoms with van der Waals surface area (Å²) in [6, 6.07) is 18.2. The van der Waals surface area contributed by atoms with E-state index in [4.69, 9.17) is 0 Å². The molecule has 0 amide bonds. The molecular formula is C29H37NO. The Labute approximate surface area is 187 Å². The van der Waals surface area contributed by atoms with Crippen LogP contribution in [0.5, 0.6) is 0 Å². The van der Waals surface area contributed by atoms with Gasteiger partial charge in [-0.05, 0) is 88.2 Å². The monoisotopic (exact) mass is 415 g/mol. The summed E-state index contributed by atoms with van der Waals surface area (Å²) in [5, 5.41) is 4.16. The van der Waals surface area contributed by atoms with Crippen molar-refractivity contribution in [3.63, 3.8) is 0 Å². The van der Waals surface area contributed by atoms with Crippen molar-refractivity contribution >= 4 is 5.78 Å². The quantitative estimate of drug-likeness (QED) is 0.588. The van der Waals surface area contributed by atoms with Gasteiger partial charge in [0.15, 0.2) is 0 Å². The SMILES string of the molecule is Cc1ccc(C2CCC3(CC2)CC(=O)CC2(CCC(c4ccc(C)cc4)CC2)N3)cc1. The second-order valence-corrected chi connectivity index (χ2v) is 10.9. The number of ketones is 1. The second kappa shape index (κ2) is 8.20. The first-order valence-electron chi connectivity index (χ1n) is 12.4. The molecule has 2 saturated carbocycles. The predicted octanol–water partition coefficient (Wildman–Crippen LogP) is 6.75. The fourth-order valence-corrected chi connectivity index (χ4v) is 6.76. The molecule has 5 rings (SSSR count). The summed E-state index contributed by atoms with van der Waals surface area (Å²) in [6.07, 6.45) is 10.9. The standard InChI is InChI=1S/C29H37NO/c1-21-3-7-23(8-4-21)25-11-15-28(16-12-25)19-27(31)20-29(30-28)17-13-26(14-18-29)24-9-5-22(2)6-10-24/h3-10,25-26,30H,11-20H2,1-2H3. The van der Waals surface area contributed by atoms with Gasteiger partial charge in [-0.2, -0.15) is 0 Å². The van der Waals surface area contributed by atoms with Crippen LogP contribution in [0, 0.1) is 13.8 Å². The number of hydrogen-bond donors (Lipinski definition) is 1. The van der Waals surface area contributed by atoms with Crippen LogP contribution in [-0.4, -0.2) is 16.9 Å². The van der Waals surface area contributed by atoms with Crippen molar-refractivity contribution < 1.29 is 4.79 Å². The molecule has 1 aliphatic heterocycles. The zero-order chi connectivity index (χ0) is 21.5. The van der Waals surface area contributed by atoms with E-state index in [0.29, 0.717) is 17.6 Å². The molecule has 2 aromatic rings. The lowest BCUT2D eigenvalue weighted by Crippen LogP contribution is -2.65. The average molecular weight is 416 g/mol. The molecule has 31 heavy (non-hydrogen) atoms. The molecule has 2 nitrogen and oxygen atoms in total. The van der Waals surface area contributed by atoms with Gasteiger partial charge in [-0.25, -0.2) is 0 Å². The van der Waals surface area contributed by atoms with Gasteiger partial charge in [0.25, 0.3) is 0 Å². The Balaban J connectivity index is 1.25. The number of aryl methyl sites for hydroxylation is 2. The van der Waals surface area contributed by atoms with E-state index >= 15 is 0 Å². The Morgan fingerprint density at radius 3 is 1.35 bits per heavy atom. The molecular weight excluding hydrogens is 378 g/mol. The van der Waals surface area contributed by atoms with Gasteiger partial charge in [0, 0.05) is 23.9 Å². The summed E-state index contributed by atoms with van der Waals surface area (Å²) in [6.45, 7) is 4.31. The molecule has 2 aliphatic carbocycles. The van der Waals surface area contributed by atoms with Crippen molar-refractivity contribution in [2.24, 2.45) is 0 Å². The van der Waals surface area contributed by atoms with E-state index in [1.54, 1.807) is 0 Å². The van der Waals surface area contributed by atoms with Crippen LogP contribution in [0.25, 0.3) is 0 Å². The van der Waals surface area contributed by atoms with Crippen LogP contribution in [0.2, 0.25) is 0 Å². The van der Waals surface area contributed by atoms with E-state index < -0.39 is 0 Å².